The summed E-state index contributed by atoms with van der Waals surface area (Å²) in [5.41, 5.74) is 0.835. The Kier molecular flexibility index (Phi) is 7.24. The lowest BCUT2D eigenvalue weighted by molar-refractivity contribution is 0.0318. The Morgan fingerprint density at radius 1 is 1.09 bits per heavy atom. The van der Waals surface area contributed by atoms with Crippen molar-refractivity contribution >= 4 is 5.91 Å². The summed E-state index contributed by atoms with van der Waals surface area (Å²) in [6.45, 7) is 4.65. The molecule has 0 spiro atoms. The topological polar surface area (TPSA) is 50.6 Å². The van der Waals surface area contributed by atoms with Crippen LogP contribution in [0.3, 0.4) is 0 Å². The Morgan fingerprint density at radius 2 is 1.91 bits per heavy atom. The first-order valence-electron chi connectivity index (χ1n) is 10.7. The number of benzene rings is 2. The minimum Gasteiger partial charge on any atom is -0.379 e. The molecule has 1 amide bonds. The van der Waals surface area contributed by atoms with Gasteiger partial charge in [-0.15, -0.1) is 0 Å². The van der Waals surface area contributed by atoms with E-state index in [2.05, 4.69) is 9.88 Å². The number of carbonyl (C=O) groups excluding carboxylic acids is 1. The minimum atomic E-state index is -0.454. The first-order valence-corrected chi connectivity index (χ1v) is 10.7. The number of imidazole rings is 1. The summed E-state index contributed by atoms with van der Waals surface area (Å²) in [7, 11) is 0. The Balaban J connectivity index is 1.53. The molecule has 168 valence electrons. The zero-order chi connectivity index (χ0) is 22.3. The second-order valence-electron chi connectivity index (χ2n) is 7.75. The van der Waals surface area contributed by atoms with E-state index in [1.165, 1.54) is 24.3 Å². The van der Waals surface area contributed by atoms with Crippen LogP contribution in [-0.4, -0.2) is 64.7 Å². The number of halogens is 2. The highest BCUT2D eigenvalue weighted by molar-refractivity contribution is 5.94. The van der Waals surface area contributed by atoms with Gasteiger partial charge in [-0.2, -0.15) is 0 Å². The predicted molar refractivity (Wildman–Crippen MR) is 116 cm³/mol. The largest absolute Gasteiger partial charge is 0.379 e. The molecule has 0 radical (unpaired) electrons. The smallest absolute Gasteiger partial charge is 0.254 e. The molecule has 1 aromatic heterocycles. The maximum Gasteiger partial charge on any atom is 0.254 e. The molecule has 0 N–H and O–H groups in total. The van der Waals surface area contributed by atoms with Gasteiger partial charge in [-0.1, -0.05) is 24.3 Å². The van der Waals surface area contributed by atoms with E-state index < -0.39 is 5.82 Å². The van der Waals surface area contributed by atoms with Crippen molar-refractivity contribution in [2.24, 2.45) is 0 Å². The molecule has 0 bridgehead atoms. The average molecular weight is 440 g/mol. The molecule has 0 unspecified atom stereocenters. The Labute approximate surface area is 186 Å². The Bertz CT molecular complexity index is 1050. The van der Waals surface area contributed by atoms with Crippen LogP contribution in [0.4, 0.5) is 8.78 Å². The van der Waals surface area contributed by atoms with Crippen molar-refractivity contribution in [2.75, 3.05) is 39.4 Å². The van der Waals surface area contributed by atoms with E-state index in [0.717, 1.165) is 13.1 Å². The van der Waals surface area contributed by atoms with Gasteiger partial charge in [-0.25, -0.2) is 13.8 Å². The fourth-order valence-electron chi connectivity index (χ4n) is 3.76. The summed E-state index contributed by atoms with van der Waals surface area (Å²) in [5, 5.41) is 0. The van der Waals surface area contributed by atoms with Gasteiger partial charge in [0.2, 0.25) is 0 Å². The van der Waals surface area contributed by atoms with Gasteiger partial charge in [0.1, 0.15) is 17.5 Å². The highest BCUT2D eigenvalue weighted by Gasteiger charge is 2.21. The van der Waals surface area contributed by atoms with Crippen molar-refractivity contribution in [1.82, 2.24) is 19.4 Å². The van der Waals surface area contributed by atoms with Gasteiger partial charge in [-0.05, 0) is 24.3 Å². The third kappa shape index (κ3) is 5.57. The van der Waals surface area contributed by atoms with E-state index in [4.69, 9.17) is 4.74 Å². The molecule has 0 atom stereocenters. The molecule has 4 rings (SSSR count). The van der Waals surface area contributed by atoms with E-state index in [1.807, 2.05) is 4.57 Å². The first kappa shape index (κ1) is 22.1. The van der Waals surface area contributed by atoms with Crippen LogP contribution in [0.15, 0.2) is 60.9 Å². The molecular formula is C24H26F2N4O2. The lowest BCUT2D eigenvalue weighted by Gasteiger charge is -2.30. The second-order valence-corrected chi connectivity index (χ2v) is 7.75. The van der Waals surface area contributed by atoms with Gasteiger partial charge in [-0.3, -0.25) is 9.69 Å². The maximum absolute atomic E-state index is 14.1. The van der Waals surface area contributed by atoms with Crippen LogP contribution >= 0.6 is 0 Å². The minimum absolute atomic E-state index is 0.237. The number of hydrogen-bond acceptors (Lipinski definition) is 4. The summed E-state index contributed by atoms with van der Waals surface area (Å²) >= 11 is 0. The molecule has 32 heavy (non-hydrogen) atoms. The van der Waals surface area contributed by atoms with Gasteiger partial charge in [0, 0.05) is 49.7 Å². The van der Waals surface area contributed by atoms with Gasteiger partial charge in [0.25, 0.3) is 5.91 Å². The lowest BCUT2D eigenvalue weighted by Crippen LogP contribution is -2.43. The number of rotatable bonds is 8. The summed E-state index contributed by atoms with van der Waals surface area (Å²) in [6.07, 6.45) is 3.41. The molecule has 1 aliphatic rings. The fraction of sp³-hybridized carbons (Fsp3) is 0.333. The highest BCUT2D eigenvalue weighted by Crippen LogP contribution is 2.14. The van der Waals surface area contributed by atoms with Crippen molar-refractivity contribution in [3.05, 3.63) is 89.5 Å². The van der Waals surface area contributed by atoms with Gasteiger partial charge >= 0.3 is 0 Å². The normalized spacial score (nSPS) is 14.4. The molecule has 6 nitrogen and oxygen atoms in total. The molecule has 0 aliphatic carbocycles. The van der Waals surface area contributed by atoms with Gasteiger partial charge in [0.05, 0.1) is 26.3 Å². The van der Waals surface area contributed by atoms with Crippen molar-refractivity contribution in [3.63, 3.8) is 0 Å². The van der Waals surface area contributed by atoms with Crippen molar-refractivity contribution in [1.29, 1.82) is 0 Å². The fourth-order valence-corrected chi connectivity index (χ4v) is 3.76. The summed E-state index contributed by atoms with van der Waals surface area (Å²) < 4.78 is 35.1. The van der Waals surface area contributed by atoms with E-state index >= 15 is 0 Å². The zero-order valence-corrected chi connectivity index (χ0v) is 17.8. The second kappa shape index (κ2) is 10.5. The third-order valence-electron chi connectivity index (χ3n) is 5.58. The quantitative estimate of drug-likeness (QED) is 0.540. The predicted octanol–water partition coefficient (Wildman–Crippen LogP) is 3.18. The van der Waals surface area contributed by atoms with Gasteiger partial charge in [0.15, 0.2) is 0 Å². The molecule has 1 saturated heterocycles. The van der Waals surface area contributed by atoms with Crippen molar-refractivity contribution < 1.29 is 18.3 Å². The molecule has 0 saturated carbocycles. The SMILES string of the molecule is O=C(c1cccc(F)c1)N(CCN1CCOCC1)Cc1nccn1Cc1ccccc1F. The van der Waals surface area contributed by atoms with Crippen molar-refractivity contribution in [3.8, 4) is 0 Å². The molecule has 1 aliphatic heterocycles. The number of hydrogen-bond donors (Lipinski definition) is 0. The van der Waals surface area contributed by atoms with Crippen LogP contribution in [0.5, 0.6) is 0 Å². The number of carbonyl (C=O) groups is 1. The average Bonchev–Trinajstić information content (AvgIpc) is 3.25. The Morgan fingerprint density at radius 3 is 2.69 bits per heavy atom. The number of amides is 1. The molecule has 3 aromatic rings. The van der Waals surface area contributed by atoms with Gasteiger partial charge < -0.3 is 14.2 Å². The third-order valence-corrected chi connectivity index (χ3v) is 5.58. The highest BCUT2D eigenvalue weighted by atomic mass is 19.1. The molecular weight excluding hydrogens is 414 g/mol. The van der Waals surface area contributed by atoms with E-state index in [9.17, 15) is 13.6 Å². The molecule has 2 heterocycles. The van der Waals surface area contributed by atoms with Crippen LogP contribution in [0.2, 0.25) is 0 Å². The summed E-state index contributed by atoms with van der Waals surface area (Å²) in [6, 6.07) is 12.3. The van der Waals surface area contributed by atoms with Crippen LogP contribution in [0.25, 0.3) is 0 Å². The standard InChI is InChI=1S/C24H26F2N4O2/c25-21-6-3-5-19(16-21)24(31)30(11-10-28-12-14-32-15-13-28)18-23-27-8-9-29(23)17-20-4-1-2-7-22(20)26/h1-9,16H,10-15,17-18H2. The monoisotopic (exact) mass is 440 g/mol. The van der Waals surface area contributed by atoms with Crippen LogP contribution in [0.1, 0.15) is 21.7 Å². The van der Waals surface area contributed by atoms with E-state index in [1.54, 1.807) is 41.6 Å². The van der Waals surface area contributed by atoms with Crippen molar-refractivity contribution in [2.45, 2.75) is 13.1 Å². The molecule has 2 aromatic carbocycles. The van der Waals surface area contributed by atoms with Crippen LogP contribution in [-0.2, 0) is 17.8 Å². The number of ether oxygens (including phenoxy) is 1. The van der Waals surface area contributed by atoms with Crippen LogP contribution in [0, 0.1) is 11.6 Å². The summed E-state index contributed by atoms with van der Waals surface area (Å²) in [4.78, 5) is 21.6. The molecule has 1 fully saturated rings. The number of aromatic nitrogens is 2. The Hall–Kier alpha value is -3.10. The number of nitrogens with zero attached hydrogens (tertiary/aromatic N) is 4. The number of morpholine rings is 1. The maximum atomic E-state index is 14.1. The lowest BCUT2D eigenvalue weighted by atomic mass is 10.2. The molecule has 8 heteroatoms. The van der Waals surface area contributed by atoms with E-state index in [-0.39, 0.29) is 18.3 Å². The van der Waals surface area contributed by atoms with Crippen LogP contribution < -0.4 is 0 Å². The zero-order valence-electron chi connectivity index (χ0n) is 17.8. The van der Waals surface area contributed by atoms with E-state index in [0.29, 0.717) is 49.8 Å². The first-order chi connectivity index (χ1) is 15.6. The summed E-state index contributed by atoms with van der Waals surface area (Å²) in [5.74, 6) is -0.365.